The van der Waals surface area contributed by atoms with Crippen molar-refractivity contribution in [3.63, 3.8) is 0 Å². The van der Waals surface area contributed by atoms with Crippen molar-refractivity contribution in [2.75, 3.05) is 39.0 Å². The van der Waals surface area contributed by atoms with Crippen molar-refractivity contribution in [1.82, 2.24) is 9.21 Å². The first kappa shape index (κ1) is 13.9. The van der Waals surface area contributed by atoms with Crippen molar-refractivity contribution >= 4 is 10.0 Å². The monoisotopic (exact) mass is 249 g/mol. The SMILES string of the molecule is CC(C)(N)CCN1CCN(S(C)(=O)=O)CC1. The molecule has 0 bridgehead atoms. The fourth-order valence-corrected chi connectivity index (χ4v) is 2.56. The summed E-state index contributed by atoms with van der Waals surface area (Å²) in [6.07, 6.45) is 2.21. The third kappa shape index (κ3) is 4.78. The lowest BCUT2D eigenvalue weighted by Gasteiger charge is -2.34. The number of hydrogen-bond acceptors (Lipinski definition) is 4. The lowest BCUT2D eigenvalue weighted by atomic mass is 10.0. The average Bonchev–Trinajstić information content (AvgIpc) is 2.13. The molecule has 1 saturated heterocycles. The van der Waals surface area contributed by atoms with Gasteiger partial charge in [-0.3, -0.25) is 0 Å². The minimum absolute atomic E-state index is 0.145. The zero-order chi connectivity index (χ0) is 12.4. The summed E-state index contributed by atoms with van der Waals surface area (Å²) < 4.78 is 24.1. The zero-order valence-electron chi connectivity index (χ0n) is 10.4. The molecule has 0 amide bonds. The van der Waals surface area contributed by atoms with Gasteiger partial charge in [-0.05, 0) is 26.8 Å². The molecular weight excluding hydrogens is 226 g/mol. The van der Waals surface area contributed by atoms with Gasteiger partial charge in [0.2, 0.25) is 10.0 Å². The summed E-state index contributed by atoms with van der Waals surface area (Å²) >= 11 is 0. The van der Waals surface area contributed by atoms with Crippen LogP contribution in [0.1, 0.15) is 20.3 Å². The van der Waals surface area contributed by atoms with E-state index in [1.165, 1.54) is 10.6 Å². The van der Waals surface area contributed by atoms with Crippen molar-refractivity contribution in [3.05, 3.63) is 0 Å². The maximum atomic E-state index is 11.3. The molecule has 0 aromatic heterocycles. The standard InChI is InChI=1S/C10H23N3O2S/c1-10(2,11)4-5-12-6-8-13(9-7-12)16(3,14)15/h4-9,11H2,1-3H3. The van der Waals surface area contributed by atoms with Gasteiger partial charge in [-0.15, -0.1) is 0 Å². The van der Waals surface area contributed by atoms with Gasteiger partial charge in [-0.1, -0.05) is 0 Å². The van der Waals surface area contributed by atoms with E-state index in [2.05, 4.69) is 4.90 Å². The van der Waals surface area contributed by atoms with Crippen LogP contribution in [0.3, 0.4) is 0 Å². The first-order chi connectivity index (χ1) is 7.18. The van der Waals surface area contributed by atoms with Gasteiger partial charge in [0.05, 0.1) is 6.26 Å². The van der Waals surface area contributed by atoms with Crippen LogP contribution < -0.4 is 5.73 Å². The van der Waals surface area contributed by atoms with E-state index < -0.39 is 10.0 Å². The Bertz CT molecular complexity index is 313. The molecule has 6 heteroatoms. The molecule has 0 aromatic rings. The summed E-state index contributed by atoms with van der Waals surface area (Å²) in [6, 6.07) is 0. The second-order valence-corrected chi connectivity index (χ2v) is 7.22. The highest BCUT2D eigenvalue weighted by Crippen LogP contribution is 2.09. The van der Waals surface area contributed by atoms with Crippen LogP contribution >= 0.6 is 0 Å². The Hall–Kier alpha value is -0.170. The average molecular weight is 249 g/mol. The van der Waals surface area contributed by atoms with Crippen LogP contribution in [0, 0.1) is 0 Å². The van der Waals surface area contributed by atoms with Gasteiger partial charge in [-0.2, -0.15) is 4.31 Å². The minimum atomic E-state index is -3.01. The third-order valence-corrected chi connectivity index (χ3v) is 4.18. The second-order valence-electron chi connectivity index (χ2n) is 5.24. The van der Waals surface area contributed by atoms with E-state index in [0.717, 1.165) is 26.1 Å². The molecule has 1 fully saturated rings. The molecule has 0 spiro atoms. The summed E-state index contributed by atoms with van der Waals surface area (Å²) in [5, 5.41) is 0. The van der Waals surface area contributed by atoms with Crippen LogP contribution in [0.5, 0.6) is 0 Å². The van der Waals surface area contributed by atoms with Crippen LogP contribution in [0.15, 0.2) is 0 Å². The van der Waals surface area contributed by atoms with Crippen LogP contribution in [-0.4, -0.2) is 62.1 Å². The van der Waals surface area contributed by atoms with Crippen molar-refractivity contribution in [2.45, 2.75) is 25.8 Å². The van der Waals surface area contributed by atoms with Gasteiger partial charge in [0, 0.05) is 31.7 Å². The molecule has 0 saturated carbocycles. The molecule has 5 nitrogen and oxygen atoms in total. The van der Waals surface area contributed by atoms with E-state index in [4.69, 9.17) is 5.73 Å². The molecule has 0 radical (unpaired) electrons. The molecule has 1 aliphatic heterocycles. The van der Waals surface area contributed by atoms with Gasteiger partial charge in [-0.25, -0.2) is 8.42 Å². The number of nitrogens with zero attached hydrogens (tertiary/aromatic N) is 2. The smallest absolute Gasteiger partial charge is 0.211 e. The zero-order valence-corrected chi connectivity index (χ0v) is 11.3. The summed E-state index contributed by atoms with van der Waals surface area (Å²) in [4.78, 5) is 2.27. The highest BCUT2D eigenvalue weighted by atomic mass is 32.2. The van der Waals surface area contributed by atoms with Gasteiger partial charge in [0.15, 0.2) is 0 Å². The molecule has 0 aliphatic carbocycles. The molecule has 0 aromatic carbocycles. The summed E-state index contributed by atoms with van der Waals surface area (Å²) in [7, 11) is -3.01. The highest BCUT2D eigenvalue weighted by Gasteiger charge is 2.23. The molecule has 0 unspecified atom stereocenters. The minimum Gasteiger partial charge on any atom is -0.326 e. The summed E-state index contributed by atoms with van der Waals surface area (Å²) in [6.45, 7) is 7.79. The number of sulfonamides is 1. The van der Waals surface area contributed by atoms with Crippen molar-refractivity contribution in [2.24, 2.45) is 5.73 Å². The Labute approximate surface area is 98.6 Å². The molecular formula is C10H23N3O2S. The van der Waals surface area contributed by atoms with Crippen molar-refractivity contribution in [3.8, 4) is 0 Å². The number of nitrogens with two attached hydrogens (primary N) is 1. The van der Waals surface area contributed by atoms with Crippen molar-refractivity contribution in [1.29, 1.82) is 0 Å². The molecule has 1 rings (SSSR count). The highest BCUT2D eigenvalue weighted by molar-refractivity contribution is 7.88. The van der Waals surface area contributed by atoms with E-state index >= 15 is 0 Å². The van der Waals surface area contributed by atoms with Crippen LogP contribution in [0.25, 0.3) is 0 Å². The quantitative estimate of drug-likeness (QED) is 0.742. The predicted octanol–water partition coefficient (Wildman–Crippen LogP) is -0.309. The van der Waals surface area contributed by atoms with Crippen LogP contribution in [0.4, 0.5) is 0 Å². The Morgan fingerprint density at radius 2 is 1.69 bits per heavy atom. The van der Waals surface area contributed by atoms with Crippen LogP contribution in [-0.2, 0) is 10.0 Å². The van der Waals surface area contributed by atoms with Gasteiger partial charge in [0.1, 0.15) is 0 Å². The number of rotatable bonds is 4. The van der Waals surface area contributed by atoms with E-state index in [-0.39, 0.29) is 5.54 Å². The van der Waals surface area contributed by atoms with E-state index in [1.54, 1.807) is 0 Å². The Morgan fingerprint density at radius 3 is 2.06 bits per heavy atom. The maximum Gasteiger partial charge on any atom is 0.211 e. The second kappa shape index (κ2) is 5.00. The first-order valence-corrected chi connectivity index (χ1v) is 7.50. The molecule has 1 heterocycles. The maximum absolute atomic E-state index is 11.3. The molecule has 1 aliphatic rings. The third-order valence-electron chi connectivity index (χ3n) is 2.87. The molecule has 96 valence electrons. The lowest BCUT2D eigenvalue weighted by Crippen LogP contribution is -2.49. The van der Waals surface area contributed by atoms with Gasteiger partial charge < -0.3 is 10.6 Å². The van der Waals surface area contributed by atoms with Gasteiger partial charge >= 0.3 is 0 Å². The predicted molar refractivity (Wildman–Crippen MR) is 65.7 cm³/mol. The number of hydrogen-bond donors (Lipinski definition) is 1. The topological polar surface area (TPSA) is 66.6 Å². The largest absolute Gasteiger partial charge is 0.326 e. The van der Waals surface area contributed by atoms with Crippen molar-refractivity contribution < 1.29 is 8.42 Å². The Balaban J connectivity index is 2.33. The lowest BCUT2D eigenvalue weighted by molar-refractivity contribution is 0.177. The first-order valence-electron chi connectivity index (χ1n) is 5.65. The normalized spacial score (nSPS) is 21.2. The van der Waals surface area contributed by atoms with E-state index in [0.29, 0.717) is 13.1 Å². The molecule has 2 N–H and O–H groups in total. The summed E-state index contributed by atoms with van der Waals surface area (Å²) in [5.74, 6) is 0. The Morgan fingerprint density at radius 1 is 1.19 bits per heavy atom. The molecule has 0 atom stereocenters. The number of piperazine rings is 1. The fourth-order valence-electron chi connectivity index (χ4n) is 1.73. The molecule has 16 heavy (non-hydrogen) atoms. The van der Waals surface area contributed by atoms with Crippen LogP contribution in [0.2, 0.25) is 0 Å². The van der Waals surface area contributed by atoms with E-state index in [9.17, 15) is 8.42 Å². The Kier molecular flexibility index (Phi) is 4.34. The fraction of sp³-hybridized carbons (Fsp3) is 1.00. The summed E-state index contributed by atoms with van der Waals surface area (Å²) in [5.41, 5.74) is 5.77. The van der Waals surface area contributed by atoms with Gasteiger partial charge in [0.25, 0.3) is 0 Å². The van der Waals surface area contributed by atoms with E-state index in [1.807, 2.05) is 13.8 Å².